The van der Waals surface area contributed by atoms with E-state index in [2.05, 4.69) is 64.4 Å². The maximum absolute atomic E-state index is 13.4. The standard InChI is InChI=1S/C35H34N8O2/c44-33(43-21-28-17-29(43)20-42(28)27-9-6-23(7-10-27)32-18-36-13-14-37-32)22-41-15-12-25(19-41)35(45)38-26-8-11-31-30(16-26)34(40-39-31)24-4-2-1-3-5-24/h1-11,13-14,16,18,25,28-29H,12,15,17,19-22H2,(H,38,45)(H,39,40)/t25-,28-,29-/m1/s1. The Hall–Kier alpha value is -5.09. The van der Waals surface area contributed by atoms with Gasteiger partial charge in [0.1, 0.15) is 0 Å². The van der Waals surface area contributed by atoms with Crippen LogP contribution in [0.1, 0.15) is 12.8 Å². The highest BCUT2D eigenvalue weighted by molar-refractivity contribution is 5.99. The fraction of sp³-hybridized carbons (Fsp3) is 0.286. The molecular weight excluding hydrogens is 564 g/mol. The van der Waals surface area contributed by atoms with Gasteiger partial charge in [0.25, 0.3) is 0 Å². The van der Waals surface area contributed by atoms with E-state index < -0.39 is 0 Å². The zero-order valence-electron chi connectivity index (χ0n) is 24.8. The van der Waals surface area contributed by atoms with Crippen molar-refractivity contribution in [2.75, 3.05) is 42.9 Å². The topological polar surface area (TPSA) is 110 Å². The van der Waals surface area contributed by atoms with Crippen LogP contribution in [0.5, 0.6) is 0 Å². The van der Waals surface area contributed by atoms with Crippen LogP contribution < -0.4 is 10.2 Å². The van der Waals surface area contributed by atoms with Crippen LogP contribution in [0.25, 0.3) is 33.4 Å². The summed E-state index contributed by atoms with van der Waals surface area (Å²) in [4.78, 5) is 41.8. The van der Waals surface area contributed by atoms with Gasteiger partial charge in [-0.15, -0.1) is 0 Å². The Kier molecular flexibility index (Phi) is 6.98. The first-order valence-corrected chi connectivity index (χ1v) is 15.6. The Morgan fingerprint density at radius 2 is 1.78 bits per heavy atom. The summed E-state index contributed by atoms with van der Waals surface area (Å²) in [6, 6.07) is 24.9. The molecular formula is C35H34N8O2. The van der Waals surface area contributed by atoms with Crippen LogP contribution in [0, 0.1) is 5.92 Å². The number of aromatic amines is 1. The first-order chi connectivity index (χ1) is 22.1. The number of aromatic nitrogens is 4. The van der Waals surface area contributed by atoms with E-state index in [1.807, 2.05) is 48.5 Å². The van der Waals surface area contributed by atoms with Gasteiger partial charge < -0.3 is 15.1 Å². The van der Waals surface area contributed by atoms with E-state index in [1.54, 1.807) is 18.6 Å². The van der Waals surface area contributed by atoms with Crippen LogP contribution in [0.3, 0.4) is 0 Å². The molecule has 45 heavy (non-hydrogen) atoms. The zero-order valence-corrected chi connectivity index (χ0v) is 24.8. The molecule has 5 heterocycles. The van der Waals surface area contributed by atoms with Crippen LogP contribution in [0.15, 0.2) is 91.4 Å². The summed E-state index contributed by atoms with van der Waals surface area (Å²) in [5.41, 5.74) is 6.64. The summed E-state index contributed by atoms with van der Waals surface area (Å²) in [5.74, 6) is 0.0112. The van der Waals surface area contributed by atoms with Crippen molar-refractivity contribution in [3.63, 3.8) is 0 Å². The number of nitrogens with zero attached hydrogens (tertiary/aromatic N) is 6. The molecule has 3 atom stereocenters. The average Bonchev–Trinajstić information content (AvgIpc) is 3.90. The summed E-state index contributed by atoms with van der Waals surface area (Å²) < 4.78 is 0. The van der Waals surface area contributed by atoms with Crippen molar-refractivity contribution in [3.05, 3.63) is 91.4 Å². The molecule has 0 spiro atoms. The molecule has 2 N–H and O–H groups in total. The molecule has 0 unspecified atom stereocenters. The van der Waals surface area contributed by atoms with Crippen LogP contribution in [-0.2, 0) is 9.59 Å². The number of likely N-dealkylation sites (tertiary alicyclic amines) is 2. The summed E-state index contributed by atoms with van der Waals surface area (Å²) in [6.45, 7) is 3.29. The van der Waals surface area contributed by atoms with Crippen molar-refractivity contribution >= 4 is 34.1 Å². The van der Waals surface area contributed by atoms with Gasteiger partial charge in [-0.2, -0.15) is 5.10 Å². The minimum atomic E-state index is -0.151. The summed E-state index contributed by atoms with van der Waals surface area (Å²) in [7, 11) is 0. The molecule has 5 aromatic rings. The quantitative estimate of drug-likeness (QED) is 0.285. The molecule has 2 bridgehead atoms. The highest BCUT2D eigenvalue weighted by atomic mass is 16.2. The molecule has 3 aliphatic rings. The third-order valence-corrected chi connectivity index (χ3v) is 9.50. The molecule has 10 heteroatoms. The van der Waals surface area contributed by atoms with Crippen molar-refractivity contribution in [2.45, 2.75) is 24.9 Å². The van der Waals surface area contributed by atoms with Crippen LogP contribution in [-0.4, -0.2) is 86.6 Å². The highest BCUT2D eigenvalue weighted by Crippen LogP contribution is 2.36. The average molecular weight is 599 g/mol. The van der Waals surface area contributed by atoms with E-state index in [9.17, 15) is 9.59 Å². The molecule has 3 aliphatic heterocycles. The van der Waals surface area contributed by atoms with Gasteiger partial charge in [-0.3, -0.25) is 29.6 Å². The maximum Gasteiger partial charge on any atom is 0.237 e. The third-order valence-electron chi connectivity index (χ3n) is 9.50. The lowest BCUT2D eigenvalue weighted by Crippen LogP contribution is -2.51. The van der Waals surface area contributed by atoms with E-state index >= 15 is 0 Å². The lowest BCUT2D eigenvalue weighted by atomic mass is 10.1. The van der Waals surface area contributed by atoms with Crippen molar-refractivity contribution in [2.24, 2.45) is 5.92 Å². The van der Waals surface area contributed by atoms with E-state index in [4.69, 9.17) is 0 Å². The molecule has 2 amide bonds. The molecule has 0 radical (unpaired) electrons. The Labute approximate surface area is 261 Å². The Bertz CT molecular complexity index is 1840. The number of H-pyrrole nitrogens is 1. The number of fused-ring (bicyclic) bond motifs is 3. The predicted octanol–water partition coefficient (Wildman–Crippen LogP) is 4.44. The molecule has 8 rings (SSSR count). The fourth-order valence-electron chi connectivity index (χ4n) is 7.19. The second-order valence-corrected chi connectivity index (χ2v) is 12.3. The molecule has 226 valence electrons. The number of piperazine rings is 1. The number of benzene rings is 3. The molecule has 10 nitrogen and oxygen atoms in total. The van der Waals surface area contributed by atoms with Crippen molar-refractivity contribution in [1.82, 2.24) is 30.0 Å². The van der Waals surface area contributed by atoms with E-state index in [-0.39, 0.29) is 23.8 Å². The van der Waals surface area contributed by atoms with Gasteiger partial charge in [0.15, 0.2) is 0 Å². The fourth-order valence-corrected chi connectivity index (χ4v) is 7.19. The second kappa shape index (κ2) is 11.4. The monoisotopic (exact) mass is 598 g/mol. The predicted molar refractivity (Wildman–Crippen MR) is 173 cm³/mol. The molecule has 3 fully saturated rings. The van der Waals surface area contributed by atoms with Gasteiger partial charge in [-0.1, -0.05) is 42.5 Å². The SMILES string of the molecule is O=C(Nc1ccc2[nH]nc(-c3ccccc3)c2c1)[C@@H]1CCN(CC(=O)N2C[C@H]3C[C@@H]2CN3c2ccc(-c3cnccn3)cc2)C1. The van der Waals surface area contributed by atoms with Crippen LogP contribution in [0.4, 0.5) is 11.4 Å². The molecule has 2 aromatic heterocycles. The lowest BCUT2D eigenvalue weighted by Gasteiger charge is -2.36. The maximum atomic E-state index is 13.4. The van der Waals surface area contributed by atoms with Crippen molar-refractivity contribution < 1.29 is 9.59 Å². The largest absolute Gasteiger partial charge is 0.365 e. The number of hydrogen-bond donors (Lipinski definition) is 2. The number of amides is 2. The van der Waals surface area contributed by atoms with E-state index in [0.29, 0.717) is 19.1 Å². The zero-order chi connectivity index (χ0) is 30.3. The number of nitrogens with one attached hydrogen (secondary N) is 2. The molecule has 3 aromatic carbocycles. The highest BCUT2D eigenvalue weighted by Gasteiger charge is 2.45. The van der Waals surface area contributed by atoms with E-state index in [1.165, 1.54) is 5.69 Å². The number of carbonyl (C=O) groups excluding carboxylic acids is 2. The summed E-state index contributed by atoms with van der Waals surface area (Å²) in [6.07, 6.45) is 6.89. The Balaban J connectivity index is 0.849. The second-order valence-electron chi connectivity index (χ2n) is 12.3. The molecule has 0 saturated carbocycles. The summed E-state index contributed by atoms with van der Waals surface area (Å²) >= 11 is 0. The number of hydrogen-bond acceptors (Lipinski definition) is 7. The number of anilines is 2. The van der Waals surface area contributed by atoms with Gasteiger partial charge in [-0.25, -0.2) is 0 Å². The first kappa shape index (κ1) is 27.5. The smallest absolute Gasteiger partial charge is 0.237 e. The van der Waals surface area contributed by atoms with Gasteiger partial charge in [-0.05, 0) is 49.7 Å². The van der Waals surface area contributed by atoms with Gasteiger partial charge in [0.2, 0.25) is 11.8 Å². The Morgan fingerprint density at radius 1 is 0.911 bits per heavy atom. The minimum Gasteiger partial charge on any atom is -0.365 e. The van der Waals surface area contributed by atoms with Gasteiger partial charge >= 0.3 is 0 Å². The third kappa shape index (κ3) is 5.31. The first-order valence-electron chi connectivity index (χ1n) is 15.6. The Morgan fingerprint density at radius 3 is 2.56 bits per heavy atom. The number of carbonyl (C=O) groups is 2. The van der Waals surface area contributed by atoms with E-state index in [0.717, 1.165) is 71.6 Å². The van der Waals surface area contributed by atoms with Gasteiger partial charge in [0.05, 0.1) is 41.6 Å². The summed E-state index contributed by atoms with van der Waals surface area (Å²) in [5, 5.41) is 11.7. The normalized spacial score (nSPS) is 21.1. The molecule has 0 aliphatic carbocycles. The van der Waals surface area contributed by atoms with Crippen molar-refractivity contribution in [3.8, 4) is 22.5 Å². The van der Waals surface area contributed by atoms with Gasteiger partial charge in [0, 0.05) is 66.0 Å². The molecule has 3 saturated heterocycles. The van der Waals surface area contributed by atoms with Crippen LogP contribution in [0.2, 0.25) is 0 Å². The van der Waals surface area contributed by atoms with Crippen molar-refractivity contribution in [1.29, 1.82) is 0 Å². The van der Waals surface area contributed by atoms with Crippen LogP contribution >= 0.6 is 0 Å². The number of rotatable bonds is 7. The minimum absolute atomic E-state index is 0.00440. The lowest BCUT2D eigenvalue weighted by molar-refractivity contribution is -0.133.